The van der Waals surface area contributed by atoms with Crippen LogP contribution in [0.2, 0.25) is 5.02 Å². The fraction of sp³-hybridized carbons (Fsp3) is 0.154. The highest BCUT2D eigenvalue weighted by Gasteiger charge is 2.07. The second-order valence-electron chi connectivity index (χ2n) is 3.90. The van der Waals surface area contributed by atoms with Gasteiger partial charge in [-0.2, -0.15) is 0 Å². The summed E-state index contributed by atoms with van der Waals surface area (Å²) in [5, 5.41) is 3.38. The molecule has 0 unspecified atom stereocenters. The van der Waals surface area contributed by atoms with E-state index in [2.05, 4.69) is 21.2 Å². The number of halogens is 3. The summed E-state index contributed by atoms with van der Waals surface area (Å²) in [6.45, 7) is 1.01. The van der Waals surface area contributed by atoms with Crippen LogP contribution in [-0.2, 0) is 6.54 Å². The monoisotopic (exact) mass is 344 g/mol. The van der Waals surface area contributed by atoms with Crippen molar-refractivity contribution in [2.75, 3.05) is 11.9 Å². The van der Waals surface area contributed by atoms with Gasteiger partial charge in [0, 0.05) is 29.8 Å². The van der Waals surface area contributed by atoms with Gasteiger partial charge < -0.3 is 9.88 Å². The quantitative estimate of drug-likeness (QED) is 0.920. The van der Waals surface area contributed by atoms with E-state index in [0.29, 0.717) is 28.3 Å². The van der Waals surface area contributed by atoms with Crippen LogP contribution >= 0.6 is 27.5 Å². The maximum Gasteiger partial charge on any atom is 0.250 e. The lowest BCUT2D eigenvalue weighted by Crippen LogP contribution is -2.22. The molecule has 2 rings (SSSR count). The van der Waals surface area contributed by atoms with Gasteiger partial charge >= 0.3 is 0 Å². The lowest BCUT2D eigenvalue weighted by molar-refractivity contribution is 0.627. The summed E-state index contributed by atoms with van der Waals surface area (Å²) in [5.41, 5.74) is 0.556. The van der Waals surface area contributed by atoms with Crippen LogP contribution in [0.1, 0.15) is 0 Å². The average Bonchev–Trinajstić information content (AvgIpc) is 2.34. The number of hydrogen-bond acceptors (Lipinski definition) is 2. The highest BCUT2D eigenvalue weighted by Crippen LogP contribution is 2.31. The summed E-state index contributed by atoms with van der Waals surface area (Å²) in [6, 6.07) is 7.56. The standard InChI is InChI=1S/C13H11BrClFN2O/c14-10-7-9(16)8-11(15)13(10)17-4-6-18-5-2-1-3-12(18)19/h1-3,5,7-8,17H,4,6H2. The third kappa shape index (κ3) is 3.58. The van der Waals surface area contributed by atoms with Crippen LogP contribution in [0.3, 0.4) is 0 Å². The van der Waals surface area contributed by atoms with Crippen molar-refractivity contribution < 1.29 is 4.39 Å². The van der Waals surface area contributed by atoms with Crippen molar-refractivity contribution in [2.24, 2.45) is 0 Å². The number of rotatable bonds is 4. The van der Waals surface area contributed by atoms with E-state index in [1.807, 2.05) is 0 Å². The second kappa shape index (κ2) is 6.21. The smallest absolute Gasteiger partial charge is 0.250 e. The zero-order chi connectivity index (χ0) is 13.8. The first kappa shape index (κ1) is 14.1. The Morgan fingerprint density at radius 1 is 1.37 bits per heavy atom. The summed E-state index contributed by atoms with van der Waals surface area (Å²) in [7, 11) is 0. The van der Waals surface area contributed by atoms with Gasteiger partial charge in [0.2, 0.25) is 0 Å². The molecule has 0 fully saturated rings. The third-order valence-corrected chi connectivity index (χ3v) is 3.48. The Bertz CT molecular complexity index is 622. The van der Waals surface area contributed by atoms with Gasteiger partial charge in [-0.25, -0.2) is 4.39 Å². The van der Waals surface area contributed by atoms with E-state index in [4.69, 9.17) is 11.6 Å². The van der Waals surface area contributed by atoms with Crippen LogP contribution in [0.4, 0.5) is 10.1 Å². The third-order valence-electron chi connectivity index (χ3n) is 2.56. The molecule has 1 N–H and O–H groups in total. The minimum Gasteiger partial charge on any atom is -0.381 e. The van der Waals surface area contributed by atoms with E-state index in [0.717, 1.165) is 0 Å². The predicted molar refractivity (Wildman–Crippen MR) is 78.3 cm³/mol. The minimum atomic E-state index is -0.401. The van der Waals surface area contributed by atoms with Crippen LogP contribution in [0, 0.1) is 5.82 Å². The number of hydrogen-bond donors (Lipinski definition) is 1. The molecule has 0 saturated heterocycles. The SMILES string of the molecule is O=c1ccccn1CCNc1c(Cl)cc(F)cc1Br. The van der Waals surface area contributed by atoms with Crippen LogP contribution < -0.4 is 10.9 Å². The Hall–Kier alpha value is -1.33. The van der Waals surface area contributed by atoms with Gasteiger partial charge in [0.05, 0.1) is 10.7 Å². The first-order valence-electron chi connectivity index (χ1n) is 5.62. The van der Waals surface area contributed by atoms with Crippen LogP contribution in [0.5, 0.6) is 0 Å². The summed E-state index contributed by atoms with van der Waals surface area (Å²) in [6.07, 6.45) is 1.71. The van der Waals surface area contributed by atoms with E-state index in [1.165, 1.54) is 18.2 Å². The molecular formula is C13H11BrClFN2O. The van der Waals surface area contributed by atoms with Crippen molar-refractivity contribution in [2.45, 2.75) is 6.54 Å². The summed E-state index contributed by atoms with van der Waals surface area (Å²) in [4.78, 5) is 11.5. The molecule has 3 nitrogen and oxygen atoms in total. The molecule has 1 aromatic heterocycles. The number of benzene rings is 1. The van der Waals surface area contributed by atoms with Gasteiger partial charge in [0.1, 0.15) is 5.82 Å². The van der Waals surface area contributed by atoms with Gasteiger partial charge in [-0.3, -0.25) is 4.79 Å². The molecule has 100 valence electrons. The molecule has 1 heterocycles. The predicted octanol–water partition coefficient (Wildman–Crippen LogP) is 3.52. The van der Waals surface area contributed by atoms with Crippen molar-refractivity contribution in [1.29, 1.82) is 0 Å². The molecule has 0 aliphatic carbocycles. The molecule has 1 aromatic carbocycles. The van der Waals surface area contributed by atoms with Gasteiger partial charge in [-0.05, 0) is 34.1 Å². The zero-order valence-electron chi connectivity index (χ0n) is 9.87. The van der Waals surface area contributed by atoms with Crippen molar-refractivity contribution in [1.82, 2.24) is 4.57 Å². The van der Waals surface area contributed by atoms with Crippen molar-refractivity contribution in [3.63, 3.8) is 0 Å². The van der Waals surface area contributed by atoms with Crippen LogP contribution in [-0.4, -0.2) is 11.1 Å². The average molecular weight is 346 g/mol. The number of nitrogens with one attached hydrogen (secondary N) is 1. The number of aromatic nitrogens is 1. The molecule has 6 heteroatoms. The van der Waals surface area contributed by atoms with Crippen LogP contribution in [0.15, 0.2) is 45.8 Å². The molecule has 0 spiro atoms. The zero-order valence-corrected chi connectivity index (χ0v) is 12.2. The molecule has 0 aliphatic heterocycles. The Kier molecular flexibility index (Phi) is 4.61. The van der Waals surface area contributed by atoms with E-state index in [9.17, 15) is 9.18 Å². The Morgan fingerprint density at radius 3 is 2.84 bits per heavy atom. The van der Waals surface area contributed by atoms with Crippen molar-refractivity contribution in [3.8, 4) is 0 Å². The normalized spacial score (nSPS) is 10.5. The molecule has 0 amide bonds. The van der Waals surface area contributed by atoms with Crippen molar-refractivity contribution >= 4 is 33.2 Å². The summed E-state index contributed by atoms with van der Waals surface area (Å²) in [5.74, 6) is -0.401. The highest BCUT2D eigenvalue weighted by molar-refractivity contribution is 9.10. The molecule has 0 atom stereocenters. The number of anilines is 1. The summed E-state index contributed by atoms with van der Waals surface area (Å²) >= 11 is 9.19. The Balaban J connectivity index is 2.04. The molecule has 2 aromatic rings. The number of nitrogens with zero attached hydrogens (tertiary/aromatic N) is 1. The number of pyridine rings is 1. The summed E-state index contributed by atoms with van der Waals surface area (Å²) < 4.78 is 15.2. The lowest BCUT2D eigenvalue weighted by Gasteiger charge is -2.11. The van der Waals surface area contributed by atoms with Crippen molar-refractivity contribution in [3.05, 3.63) is 62.2 Å². The Morgan fingerprint density at radius 2 is 2.16 bits per heavy atom. The van der Waals surface area contributed by atoms with Gasteiger partial charge in [-0.15, -0.1) is 0 Å². The van der Waals surface area contributed by atoms with E-state index in [-0.39, 0.29) is 5.56 Å². The van der Waals surface area contributed by atoms with Crippen LogP contribution in [0.25, 0.3) is 0 Å². The lowest BCUT2D eigenvalue weighted by atomic mass is 10.3. The Labute approximate surface area is 123 Å². The fourth-order valence-corrected chi connectivity index (χ4v) is 2.62. The van der Waals surface area contributed by atoms with E-state index < -0.39 is 5.82 Å². The van der Waals surface area contributed by atoms with E-state index >= 15 is 0 Å². The molecule has 0 bridgehead atoms. The highest BCUT2D eigenvalue weighted by atomic mass is 79.9. The van der Waals surface area contributed by atoms with Gasteiger partial charge in [0.25, 0.3) is 5.56 Å². The largest absolute Gasteiger partial charge is 0.381 e. The van der Waals surface area contributed by atoms with E-state index in [1.54, 1.807) is 22.9 Å². The topological polar surface area (TPSA) is 34.0 Å². The molecule has 19 heavy (non-hydrogen) atoms. The van der Waals surface area contributed by atoms with Gasteiger partial charge in [-0.1, -0.05) is 17.7 Å². The molecule has 0 saturated carbocycles. The first-order chi connectivity index (χ1) is 9.08. The first-order valence-corrected chi connectivity index (χ1v) is 6.79. The molecular weight excluding hydrogens is 335 g/mol. The second-order valence-corrected chi connectivity index (χ2v) is 5.17. The minimum absolute atomic E-state index is 0.0615. The maximum absolute atomic E-state index is 13.1. The fourth-order valence-electron chi connectivity index (χ4n) is 1.66. The molecule has 0 radical (unpaired) electrons. The molecule has 0 aliphatic rings. The maximum atomic E-state index is 13.1. The van der Waals surface area contributed by atoms with Gasteiger partial charge in [0.15, 0.2) is 0 Å².